The molecule has 11 heteroatoms. The van der Waals surface area contributed by atoms with Gasteiger partial charge in [0.2, 0.25) is 5.91 Å². The fourth-order valence-electron chi connectivity index (χ4n) is 2.18. The molecule has 2 rings (SSSR count). The van der Waals surface area contributed by atoms with E-state index in [9.17, 15) is 29.3 Å². The number of aliphatic carboxylic acids is 1. The number of carboxylic acids is 1. The van der Waals surface area contributed by atoms with E-state index in [1.165, 1.54) is 24.3 Å². The fraction of sp³-hybridized carbons (Fsp3) is 0.250. The van der Waals surface area contributed by atoms with E-state index in [2.05, 4.69) is 5.32 Å². The van der Waals surface area contributed by atoms with Gasteiger partial charge in [-0.05, 0) is 29.8 Å². The average molecular weight is 393 g/mol. The van der Waals surface area contributed by atoms with Gasteiger partial charge in [-0.3, -0.25) is 34.2 Å². The molecule has 27 heavy (non-hydrogen) atoms. The lowest BCUT2D eigenvalue weighted by Gasteiger charge is -2.12. The largest absolute Gasteiger partial charge is 0.481 e. The fourth-order valence-corrected chi connectivity index (χ4v) is 3.02. The predicted octanol–water partition coefficient (Wildman–Crippen LogP) is 1.61. The van der Waals surface area contributed by atoms with Crippen molar-refractivity contribution in [3.05, 3.63) is 44.8 Å². The molecule has 0 spiro atoms. The number of thioether (sulfide) groups is 1. The van der Waals surface area contributed by atoms with Crippen LogP contribution in [0.1, 0.15) is 18.4 Å². The molecule has 10 nitrogen and oxygen atoms in total. The molecule has 1 heterocycles. The quantitative estimate of drug-likeness (QED) is 0.293. The van der Waals surface area contributed by atoms with Crippen LogP contribution in [0.15, 0.2) is 29.2 Å². The van der Waals surface area contributed by atoms with E-state index in [-0.39, 0.29) is 30.0 Å². The minimum absolute atomic E-state index is 0.0548. The van der Waals surface area contributed by atoms with Crippen molar-refractivity contribution in [2.75, 3.05) is 13.1 Å². The molecule has 1 aliphatic heterocycles. The number of rotatable bonds is 8. The molecular formula is C16H15N3O7S. The number of nitrogens with one attached hydrogen (secondary N) is 1. The summed E-state index contributed by atoms with van der Waals surface area (Å²) in [5, 5.41) is 21.1. The average Bonchev–Trinajstić information content (AvgIpc) is 2.86. The van der Waals surface area contributed by atoms with Crippen LogP contribution in [-0.4, -0.2) is 51.0 Å². The zero-order chi connectivity index (χ0) is 20.0. The highest BCUT2D eigenvalue weighted by Gasteiger charge is 2.36. The topological polar surface area (TPSA) is 147 Å². The molecule has 0 unspecified atom stereocenters. The van der Waals surface area contributed by atoms with Gasteiger partial charge < -0.3 is 10.4 Å². The molecule has 1 saturated heterocycles. The molecule has 0 atom stereocenters. The van der Waals surface area contributed by atoms with Gasteiger partial charge in [0.1, 0.15) is 6.54 Å². The summed E-state index contributed by atoms with van der Waals surface area (Å²) in [5.41, 5.74) is 0.233. The Kier molecular flexibility index (Phi) is 6.66. The summed E-state index contributed by atoms with van der Waals surface area (Å²) < 4.78 is 0. The number of non-ortho nitro benzene ring substituents is 1. The van der Waals surface area contributed by atoms with E-state index in [4.69, 9.17) is 5.11 Å². The Labute approximate surface area is 157 Å². The zero-order valence-electron chi connectivity index (χ0n) is 13.9. The second kappa shape index (κ2) is 8.94. The van der Waals surface area contributed by atoms with E-state index >= 15 is 0 Å². The van der Waals surface area contributed by atoms with Crippen molar-refractivity contribution >= 4 is 46.5 Å². The Hall–Kier alpha value is -3.21. The van der Waals surface area contributed by atoms with Gasteiger partial charge in [0.15, 0.2) is 0 Å². The van der Waals surface area contributed by atoms with Crippen LogP contribution >= 0.6 is 11.8 Å². The van der Waals surface area contributed by atoms with Crippen molar-refractivity contribution in [3.63, 3.8) is 0 Å². The van der Waals surface area contributed by atoms with Crippen molar-refractivity contribution < 1.29 is 29.2 Å². The van der Waals surface area contributed by atoms with Gasteiger partial charge in [-0.1, -0.05) is 12.1 Å². The summed E-state index contributed by atoms with van der Waals surface area (Å²) in [6.07, 6.45) is 1.48. The third-order valence-corrected chi connectivity index (χ3v) is 4.35. The highest BCUT2D eigenvalue weighted by molar-refractivity contribution is 8.18. The van der Waals surface area contributed by atoms with Crippen LogP contribution in [0.4, 0.5) is 10.5 Å². The van der Waals surface area contributed by atoms with E-state index in [1.807, 2.05) is 0 Å². The molecule has 1 aromatic rings. The van der Waals surface area contributed by atoms with Crippen molar-refractivity contribution in [2.45, 2.75) is 12.8 Å². The maximum Gasteiger partial charge on any atom is 0.303 e. The first kappa shape index (κ1) is 20.1. The van der Waals surface area contributed by atoms with Crippen LogP contribution in [0.25, 0.3) is 6.08 Å². The van der Waals surface area contributed by atoms with Crippen molar-refractivity contribution in [1.29, 1.82) is 0 Å². The molecule has 0 saturated carbocycles. The number of imide groups is 1. The normalized spacial score (nSPS) is 15.3. The number of nitrogens with zero attached hydrogens (tertiary/aromatic N) is 2. The molecule has 1 aromatic carbocycles. The van der Waals surface area contributed by atoms with Crippen molar-refractivity contribution in [2.24, 2.45) is 0 Å². The molecule has 0 bridgehead atoms. The standard InChI is InChI=1S/C16H15N3O7S/c20-13(17-6-2-5-14(21)22)9-18-15(23)12(27-16(18)24)8-10-3-1-4-11(7-10)19(25)26/h1,3-4,7-8H,2,5-6,9H2,(H,17,20)(H,21,22)/b12-8-. The SMILES string of the molecule is O=C(O)CCCNC(=O)CN1C(=O)S/C(=C\c2cccc([N+](=O)[O-])c2)C1=O. The summed E-state index contributed by atoms with van der Waals surface area (Å²) in [5.74, 6) is -2.24. The molecule has 3 amide bonds. The van der Waals surface area contributed by atoms with E-state index < -0.39 is 34.5 Å². The number of benzene rings is 1. The van der Waals surface area contributed by atoms with E-state index in [0.29, 0.717) is 17.3 Å². The van der Waals surface area contributed by atoms with Crippen LogP contribution in [0.3, 0.4) is 0 Å². The molecule has 1 aliphatic rings. The molecular weight excluding hydrogens is 378 g/mol. The maximum absolute atomic E-state index is 12.3. The third kappa shape index (κ3) is 5.64. The van der Waals surface area contributed by atoms with Gasteiger partial charge in [0, 0.05) is 25.1 Å². The zero-order valence-corrected chi connectivity index (χ0v) is 14.7. The third-order valence-electron chi connectivity index (χ3n) is 3.44. The number of amides is 3. The summed E-state index contributed by atoms with van der Waals surface area (Å²) in [4.78, 5) is 57.5. The van der Waals surface area contributed by atoms with Crippen molar-refractivity contribution in [3.8, 4) is 0 Å². The molecule has 0 radical (unpaired) electrons. The van der Waals surface area contributed by atoms with E-state index in [1.54, 1.807) is 6.07 Å². The number of carboxylic acid groups (broad SMARTS) is 1. The van der Waals surface area contributed by atoms with Gasteiger partial charge in [0.05, 0.1) is 9.83 Å². The van der Waals surface area contributed by atoms with Gasteiger partial charge in [-0.15, -0.1) is 0 Å². The first-order valence-corrected chi connectivity index (χ1v) is 8.58. The summed E-state index contributed by atoms with van der Waals surface area (Å²) >= 11 is 0.636. The van der Waals surface area contributed by atoms with Gasteiger partial charge >= 0.3 is 5.97 Å². The highest BCUT2D eigenvalue weighted by Crippen LogP contribution is 2.32. The lowest BCUT2D eigenvalue weighted by Crippen LogP contribution is -2.39. The number of hydrogen-bond donors (Lipinski definition) is 2. The number of nitro groups is 1. The Morgan fingerprint density at radius 3 is 2.74 bits per heavy atom. The minimum atomic E-state index is -0.985. The van der Waals surface area contributed by atoms with Crippen molar-refractivity contribution in [1.82, 2.24) is 10.2 Å². The van der Waals surface area contributed by atoms with Gasteiger partial charge in [-0.25, -0.2) is 0 Å². The summed E-state index contributed by atoms with van der Waals surface area (Å²) in [6.45, 7) is -0.366. The molecule has 0 aromatic heterocycles. The molecule has 0 aliphatic carbocycles. The monoisotopic (exact) mass is 393 g/mol. The van der Waals surface area contributed by atoms with Crippen LogP contribution < -0.4 is 5.32 Å². The summed E-state index contributed by atoms with van der Waals surface area (Å²) in [7, 11) is 0. The van der Waals surface area contributed by atoms with Gasteiger partial charge in [-0.2, -0.15) is 0 Å². The summed E-state index contributed by atoms with van der Waals surface area (Å²) in [6, 6.07) is 5.58. The minimum Gasteiger partial charge on any atom is -0.481 e. The molecule has 1 fully saturated rings. The second-order valence-corrected chi connectivity index (χ2v) is 6.46. The molecule has 142 valence electrons. The predicted molar refractivity (Wildman–Crippen MR) is 95.7 cm³/mol. The Morgan fingerprint density at radius 1 is 1.33 bits per heavy atom. The first-order chi connectivity index (χ1) is 12.8. The Morgan fingerprint density at radius 2 is 2.07 bits per heavy atom. The van der Waals surface area contributed by atoms with E-state index in [0.717, 1.165) is 4.90 Å². The van der Waals surface area contributed by atoms with Crippen LogP contribution in [0, 0.1) is 10.1 Å². The van der Waals surface area contributed by atoms with Gasteiger partial charge in [0.25, 0.3) is 16.8 Å². The lowest BCUT2D eigenvalue weighted by atomic mass is 10.2. The van der Waals surface area contributed by atoms with Crippen LogP contribution in [0.2, 0.25) is 0 Å². The van der Waals surface area contributed by atoms with Crippen LogP contribution in [0.5, 0.6) is 0 Å². The number of carbonyl (C=O) groups is 4. The first-order valence-electron chi connectivity index (χ1n) is 7.76. The lowest BCUT2D eigenvalue weighted by molar-refractivity contribution is -0.384. The Balaban J connectivity index is 2.00. The maximum atomic E-state index is 12.3. The highest BCUT2D eigenvalue weighted by atomic mass is 32.2. The second-order valence-electron chi connectivity index (χ2n) is 5.47. The smallest absolute Gasteiger partial charge is 0.303 e. The van der Waals surface area contributed by atoms with Crippen LogP contribution in [-0.2, 0) is 14.4 Å². The Bertz CT molecular complexity index is 837. The number of nitro benzene ring substituents is 1. The number of carbonyl (C=O) groups excluding carboxylic acids is 3. The molecule has 2 N–H and O–H groups in total. The number of hydrogen-bond acceptors (Lipinski definition) is 7.